The minimum absolute atomic E-state index is 0.360. The van der Waals surface area contributed by atoms with Gasteiger partial charge in [0.15, 0.2) is 0 Å². The van der Waals surface area contributed by atoms with Crippen molar-refractivity contribution in [3.8, 4) is 0 Å². The van der Waals surface area contributed by atoms with Gasteiger partial charge < -0.3 is 15.7 Å². The second-order valence-corrected chi connectivity index (χ2v) is 2.78. The Hall–Kier alpha value is -0.120. The Morgan fingerprint density at radius 1 is 1.45 bits per heavy atom. The van der Waals surface area contributed by atoms with Crippen LogP contribution in [0.3, 0.4) is 0 Å². The van der Waals surface area contributed by atoms with E-state index in [2.05, 4.69) is 18.7 Å². The van der Waals surface area contributed by atoms with Gasteiger partial charge in [-0.15, -0.1) is 0 Å². The van der Waals surface area contributed by atoms with Crippen molar-refractivity contribution in [1.29, 1.82) is 0 Å². The number of hydrogen-bond acceptors (Lipinski definition) is 3. The highest BCUT2D eigenvalue weighted by Crippen LogP contribution is 1.92. The predicted octanol–water partition coefficient (Wildman–Crippen LogP) is 0.0379. The molecule has 0 aromatic carbocycles. The number of hydrogen-bond donors (Lipinski definition) is 2. The van der Waals surface area contributed by atoms with Crippen molar-refractivity contribution in [1.82, 2.24) is 4.90 Å². The molecule has 11 heavy (non-hydrogen) atoms. The van der Waals surface area contributed by atoms with Gasteiger partial charge in [0, 0.05) is 13.1 Å². The first-order valence-corrected chi connectivity index (χ1v) is 4.35. The average Bonchev–Trinajstić information content (AvgIpc) is 2.03. The van der Waals surface area contributed by atoms with E-state index < -0.39 is 0 Å². The molecule has 0 amide bonds. The minimum atomic E-state index is -0.360. The summed E-state index contributed by atoms with van der Waals surface area (Å²) in [5.41, 5.74) is 5.29. The van der Waals surface area contributed by atoms with Crippen LogP contribution in [0.1, 0.15) is 20.3 Å². The molecule has 1 atom stereocenters. The third-order valence-corrected chi connectivity index (χ3v) is 1.73. The summed E-state index contributed by atoms with van der Waals surface area (Å²) in [5.74, 6) is 0. The zero-order chi connectivity index (χ0) is 8.69. The van der Waals surface area contributed by atoms with E-state index >= 15 is 0 Å². The summed E-state index contributed by atoms with van der Waals surface area (Å²) >= 11 is 0. The number of nitrogens with zero attached hydrogens (tertiary/aromatic N) is 1. The maximum atomic E-state index is 9.22. The molecule has 0 fully saturated rings. The molecule has 0 aromatic rings. The summed E-state index contributed by atoms with van der Waals surface area (Å²) < 4.78 is 0. The van der Waals surface area contributed by atoms with E-state index in [1.807, 2.05) is 0 Å². The Morgan fingerprint density at radius 3 is 2.45 bits per heavy atom. The van der Waals surface area contributed by atoms with Gasteiger partial charge in [0.1, 0.15) is 0 Å². The number of aliphatic hydroxyl groups is 1. The molecule has 0 aliphatic rings. The maximum Gasteiger partial charge on any atom is 0.0789 e. The van der Waals surface area contributed by atoms with E-state index in [-0.39, 0.29) is 6.10 Å². The summed E-state index contributed by atoms with van der Waals surface area (Å²) in [6.45, 7) is 7.34. The van der Waals surface area contributed by atoms with Gasteiger partial charge in [-0.25, -0.2) is 0 Å². The van der Waals surface area contributed by atoms with E-state index in [1.54, 1.807) is 0 Å². The third-order valence-electron chi connectivity index (χ3n) is 1.73. The molecule has 0 saturated heterocycles. The SMILES string of the molecule is CCCN(CC)CC(O)CN. The molecular weight excluding hydrogens is 140 g/mol. The predicted molar refractivity (Wildman–Crippen MR) is 47.5 cm³/mol. The normalized spacial score (nSPS) is 13.9. The molecule has 3 N–H and O–H groups in total. The van der Waals surface area contributed by atoms with Gasteiger partial charge in [0.25, 0.3) is 0 Å². The van der Waals surface area contributed by atoms with Crippen LogP contribution in [0.4, 0.5) is 0 Å². The number of nitrogens with two attached hydrogens (primary N) is 1. The van der Waals surface area contributed by atoms with Gasteiger partial charge in [-0.05, 0) is 19.5 Å². The first-order valence-electron chi connectivity index (χ1n) is 4.35. The zero-order valence-electron chi connectivity index (χ0n) is 7.58. The van der Waals surface area contributed by atoms with Gasteiger partial charge in [0.2, 0.25) is 0 Å². The fraction of sp³-hybridized carbons (Fsp3) is 1.00. The molecule has 3 heteroatoms. The molecule has 3 nitrogen and oxygen atoms in total. The lowest BCUT2D eigenvalue weighted by atomic mass is 10.3. The lowest BCUT2D eigenvalue weighted by Crippen LogP contribution is -2.36. The highest BCUT2D eigenvalue weighted by molar-refractivity contribution is 4.62. The van der Waals surface area contributed by atoms with Crippen molar-refractivity contribution >= 4 is 0 Å². The van der Waals surface area contributed by atoms with Crippen LogP contribution in [0.2, 0.25) is 0 Å². The third kappa shape index (κ3) is 5.18. The number of aliphatic hydroxyl groups excluding tert-OH is 1. The second kappa shape index (κ2) is 6.58. The lowest BCUT2D eigenvalue weighted by molar-refractivity contribution is 0.121. The summed E-state index contributed by atoms with van der Waals surface area (Å²) in [6.07, 6.45) is 0.770. The highest BCUT2D eigenvalue weighted by atomic mass is 16.3. The van der Waals surface area contributed by atoms with Crippen LogP contribution in [-0.4, -0.2) is 42.3 Å². The van der Waals surface area contributed by atoms with Crippen LogP contribution in [0.25, 0.3) is 0 Å². The van der Waals surface area contributed by atoms with Crippen molar-refractivity contribution in [2.75, 3.05) is 26.2 Å². The van der Waals surface area contributed by atoms with Crippen LogP contribution in [-0.2, 0) is 0 Å². The Balaban J connectivity index is 3.49. The lowest BCUT2D eigenvalue weighted by Gasteiger charge is -2.21. The summed E-state index contributed by atoms with van der Waals surface area (Å²) in [6, 6.07) is 0. The van der Waals surface area contributed by atoms with Crippen LogP contribution < -0.4 is 5.73 Å². The topological polar surface area (TPSA) is 49.5 Å². The van der Waals surface area contributed by atoms with E-state index in [1.165, 1.54) is 0 Å². The van der Waals surface area contributed by atoms with E-state index in [0.29, 0.717) is 13.1 Å². The molecule has 0 radical (unpaired) electrons. The monoisotopic (exact) mass is 160 g/mol. The van der Waals surface area contributed by atoms with Crippen molar-refractivity contribution in [2.45, 2.75) is 26.4 Å². The highest BCUT2D eigenvalue weighted by Gasteiger charge is 2.06. The zero-order valence-corrected chi connectivity index (χ0v) is 7.58. The van der Waals surface area contributed by atoms with Crippen LogP contribution in [0, 0.1) is 0 Å². The van der Waals surface area contributed by atoms with E-state index in [4.69, 9.17) is 5.73 Å². The molecular formula is C8H20N2O. The summed E-state index contributed by atoms with van der Waals surface area (Å²) in [7, 11) is 0. The van der Waals surface area contributed by atoms with Gasteiger partial charge in [-0.2, -0.15) is 0 Å². The summed E-state index contributed by atoms with van der Waals surface area (Å²) in [4.78, 5) is 2.21. The first-order chi connectivity index (χ1) is 5.24. The largest absolute Gasteiger partial charge is 0.390 e. The van der Waals surface area contributed by atoms with Crippen molar-refractivity contribution in [3.63, 3.8) is 0 Å². The van der Waals surface area contributed by atoms with Crippen molar-refractivity contribution in [3.05, 3.63) is 0 Å². The fourth-order valence-electron chi connectivity index (χ4n) is 1.07. The molecule has 0 aromatic heterocycles. The Labute approximate surface area is 69.2 Å². The van der Waals surface area contributed by atoms with Crippen LogP contribution >= 0.6 is 0 Å². The van der Waals surface area contributed by atoms with E-state index in [0.717, 1.165) is 19.5 Å². The van der Waals surface area contributed by atoms with Gasteiger partial charge >= 0.3 is 0 Å². The first kappa shape index (κ1) is 10.9. The van der Waals surface area contributed by atoms with Gasteiger partial charge in [0.05, 0.1) is 6.10 Å². The van der Waals surface area contributed by atoms with Gasteiger partial charge in [-0.1, -0.05) is 13.8 Å². The Kier molecular flexibility index (Phi) is 6.51. The Morgan fingerprint density at radius 2 is 2.09 bits per heavy atom. The molecule has 68 valence electrons. The standard InChI is InChI=1S/C8H20N2O/c1-3-5-10(4-2)7-8(11)6-9/h8,11H,3-7,9H2,1-2H3. The maximum absolute atomic E-state index is 9.22. The Bertz CT molecular complexity index is 88.2. The molecule has 0 spiro atoms. The molecule has 0 aliphatic carbocycles. The fourth-order valence-corrected chi connectivity index (χ4v) is 1.07. The van der Waals surface area contributed by atoms with E-state index in [9.17, 15) is 5.11 Å². The molecule has 0 bridgehead atoms. The number of rotatable bonds is 6. The molecule has 0 heterocycles. The van der Waals surface area contributed by atoms with Crippen molar-refractivity contribution < 1.29 is 5.11 Å². The summed E-state index contributed by atoms with van der Waals surface area (Å²) in [5, 5.41) is 9.22. The quantitative estimate of drug-likeness (QED) is 0.576. The average molecular weight is 160 g/mol. The molecule has 0 saturated carbocycles. The minimum Gasteiger partial charge on any atom is -0.390 e. The van der Waals surface area contributed by atoms with Crippen LogP contribution in [0.5, 0.6) is 0 Å². The van der Waals surface area contributed by atoms with Gasteiger partial charge in [-0.3, -0.25) is 0 Å². The molecule has 0 aliphatic heterocycles. The second-order valence-electron chi connectivity index (χ2n) is 2.78. The smallest absolute Gasteiger partial charge is 0.0789 e. The molecule has 1 unspecified atom stereocenters. The number of likely N-dealkylation sites (N-methyl/N-ethyl adjacent to an activating group) is 1. The van der Waals surface area contributed by atoms with Crippen LogP contribution in [0.15, 0.2) is 0 Å². The molecule has 0 rings (SSSR count). The van der Waals surface area contributed by atoms with Crippen molar-refractivity contribution in [2.24, 2.45) is 5.73 Å².